The molecule has 0 saturated carbocycles. The van der Waals surface area contributed by atoms with Crippen molar-refractivity contribution in [1.82, 2.24) is 15.2 Å². The summed E-state index contributed by atoms with van der Waals surface area (Å²) in [6.45, 7) is 2.87. The van der Waals surface area contributed by atoms with Crippen LogP contribution in [0.15, 0.2) is 0 Å². The standard InChI is InChI=1S/C15H22N4O2S/c1-10(20)19-8-7-11(9-19)16-14(21)18-15-17-12-5-3-2-4-6-13(12)22-15/h11H,2-9H2,1H3,(H2,16,17,18,21). The normalized spacial score (nSPS) is 21.1. The second kappa shape index (κ2) is 6.64. The van der Waals surface area contributed by atoms with Crippen molar-refractivity contribution in [2.24, 2.45) is 0 Å². The summed E-state index contributed by atoms with van der Waals surface area (Å²) in [5, 5.41) is 6.46. The van der Waals surface area contributed by atoms with E-state index >= 15 is 0 Å². The third-order valence-electron chi connectivity index (χ3n) is 4.28. The van der Waals surface area contributed by atoms with E-state index in [4.69, 9.17) is 0 Å². The van der Waals surface area contributed by atoms with Crippen molar-refractivity contribution in [1.29, 1.82) is 0 Å². The fourth-order valence-corrected chi connectivity index (χ4v) is 4.11. The fourth-order valence-electron chi connectivity index (χ4n) is 3.06. The number of carbonyl (C=O) groups excluding carboxylic acids is 2. The van der Waals surface area contributed by atoms with Crippen LogP contribution >= 0.6 is 11.3 Å². The number of likely N-dealkylation sites (tertiary alicyclic amines) is 1. The Labute approximate surface area is 134 Å². The maximum atomic E-state index is 12.1. The van der Waals surface area contributed by atoms with Crippen LogP contribution in [0.2, 0.25) is 0 Å². The van der Waals surface area contributed by atoms with E-state index in [0.717, 1.165) is 25.0 Å². The lowest BCUT2D eigenvalue weighted by molar-refractivity contribution is -0.127. The molecular weight excluding hydrogens is 300 g/mol. The van der Waals surface area contributed by atoms with Crippen LogP contribution in [0.5, 0.6) is 0 Å². The van der Waals surface area contributed by atoms with E-state index in [-0.39, 0.29) is 18.0 Å². The first kappa shape index (κ1) is 15.3. The Morgan fingerprint density at radius 2 is 2.09 bits per heavy atom. The van der Waals surface area contributed by atoms with Gasteiger partial charge in [-0.1, -0.05) is 6.42 Å². The highest BCUT2D eigenvalue weighted by molar-refractivity contribution is 7.15. The SMILES string of the molecule is CC(=O)N1CCC(NC(=O)Nc2nc3c(s2)CCCCC3)C1. The van der Waals surface area contributed by atoms with Crippen LogP contribution in [0.3, 0.4) is 0 Å². The van der Waals surface area contributed by atoms with Gasteiger partial charge >= 0.3 is 6.03 Å². The topological polar surface area (TPSA) is 74.3 Å². The molecule has 1 aromatic rings. The number of nitrogens with one attached hydrogen (secondary N) is 2. The molecule has 2 aliphatic rings. The van der Waals surface area contributed by atoms with Gasteiger partial charge in [-0.25, -0.2) is 9.78 Å². The van der Waals surface area contributed by atoms with Crippen LogP contribution in [0.1, 0.15) is 43.2 Å². The molecule has 6 nitrogen and oxygen atoms in total. The van der Waals surface area contributed by atoms with Crippen molar-refractivity contribution in [3.05, 3.63) is 10.6 Å². The maximum Gasteiger partial charge on any atom is 0.321 e. The maximum absolute atomic E-state index is 12.1. The summed E-state index contributed by atoms with van der Waals surface area (Å²) in [5.74, 6) is 0.0633. The Hall–Kier alpha value is -1.63. The largest absolute Gasteiger partial charge is 0.341 e. The summed E-state index contributed by atoms with van der Waals surface area (Å²) in [4.78, 5) is 31.0. The molecule has 0 aromatic carbocycles. The Balaban J connectivity index is 1.53. The number of aromatic nitrogens is 1. The number of carbonyl (C=O) groups is 2. The number of amides is 3. The molecule has 2 N–H and O–H groups in total. The first-order valence-corrected chi connectivity index (χ1v) is 8.75. The van der Waals surface area contributed by atoms with Gasteiger partial charge in [-0.05, 0) is 32.1 Å². The van der Waals surface area contributed by atoms with E-state index in [9.17, 15) is 9.59 Å². The van der Waals surface area contributed by atoms with E-state index < -0.39 is 0 Å². The van der Waals surface area contributed by atoms with Crippen LogP contribution in [-0.2, 0) is 17.6 Å². The van der Waals surface area contributed by atoms with Crippen molar-refractivity contribution < 1.29 is 9.59 Å². The number of hydrogen-bond acceptors (Lipinski definition) is 4. The number of thiazole rings is 1. The molecule has 3 amide bonds. The first-order valence-electron chi connectivity index (χ1n) is 7.93. The Bertz CT molecular complexity index is 548. The van der Waals surface area contributed by atoms with Crippen molar-refractivity contribution in [2.75, 3.05) is 18.4 Å². The second-order valence-electron chi connectivity index (χ2n) is 6.00. The van der Waals surface area contributed by atoms with Crippen LogP contribution in [0.25, 0.3) is 0 Å². The molecule has 2 heterocycles. The molecule has 120 valence electrons. The molecule has 1 atom stereocenters. The number of rotatable bonds is 2. The highest BCUT2D eigenvalue weighted by Gasteiger charge is 2.25. The number of hydrogen-bond donors (Lipinski definition) is 2. The van der Waals surface area contributed by atoms with Gasteiger partial charge in [0.15, 0.2) is 5.13 Å². The van der Waals surface area contributed by atoms with Crippen LogP contribution in [0.4, 0.5) is 9.93 Å². The van der Waals surface area contributed by atoms with Crippen molar-refractivity contribution in [3.8, 4) is 0 Å². The highest BCUT2D eigenvalue weighted by Crippen LogP contribution is 2.28. The zero-order chi connectivity index (χ0) is 15.5. The van der Waals surface area contributed by atoms with Crippen LogP contribution < -0.4 is 10.6 Å². The molecule has 1 aliphatic carbocycles. The number of urea groups is 1. The third-order valence-corrected chi connectivity index (χ3v) is 5.36. The summed E-state index contributed by atoms with van der Waals surface area (Å²) >= 11 is 1.59. The van der Waals surface area contributed by atoms with E-state index in [2.05, 4.69) is 15.6 Å². The van der Waals surface area contributed by atoms with Gasteiger partial charge in [0, 0.05) is 30.9 Å². The summed E-state index contributed by atoms with van der Waals surface area (Å²) in [7, 11) is 0. The Morgan fingerprint density at radius 1 is 1.27 bits per heavy atom. The van der Waals surface area contributed by atoms with Gasteiger partial charge in [-0.15, -0.1) is 11.3 Å². The number of nitrogens with zero attached hydrogens (tertiary/aromatic N) is 2. The van der Waals surface area contributed by atoms with Gasteiger partial charge in [0.25, 0.3) is 0 Å². The first-order chi connectivity index (χ1) is 10.6. The second-order valence-corrected chi connectivity index (χ2v) is 7.08. The van der Waals surface area contributed by atoms with Crippen LogP contribution in [0, 0.1) is 0 Å². The molecule has 1 aliphatic heterocycles. The van der Waals surface area contributed by atoms with Gasteiger partial charge < -0.3 is 10.2 Å². The molecular formula is C15H22N4O2S. The molecule has 1 aromatic heterocycles. The van der Waals surface area contributed by atoms with Gasteiger partial charge in [0.2, 0.25) is 5.91 Å². The lowest BCUT2D eigenvalue weighted by atomic mass is 10.2. The predicted octanol–water partition coefficient (Wildman–Crippen LogP) is 2.15. The summed E-state index contributed by atoms with van der Waals surface area (Å²) in [6, 6.07) is -0.194. The molecule has 7 heteroatoms. The molecule has 1 saturated heterocycles. The van der Waals surface area contributed by atoms with E-state index in [1.54, 1.807) is 23.2 Å². The molecule has 22 heavy (non-hydrogen) atoms. The monoisotopic (exact) mass is 322 g/mol. The van der Waals surface area contributed by atoms with Gasteiger partial charge in [-0.3, -0.25) is 10.1 Å². The Kier molecular flexibility index (Phi) is 4.61. The highest BCUT2D eigenvalue weighted by atomic mass is 32.1. The summed E-state index contributed by atoms with van der Waals surface area (Å²) in [6.07, 6.45) is 6.56. The van der Waals surface area contributed by atoms with E-state index in [0.29, 0.717) is 18.2 Å². The molecule has 0 bridgehead atoms. The third kappa shape index (κ3) is 3.58. The number of aryl methyl sites for hydroxylation is 2. The van der Waals surface area contributed by atoms with Gasteiger partial charge in [0.05, 0.1) is 5.69 Å². The van der Waals surface area contributed by atoms with Crippen molar-refractivity contribution in [2.45, 2.75) is 51.5 Å². The summed E-state index contributed by atoms with van der Waals surface area (Å²) in [5.41, 5.74) is 1.15. The number of anilines is 1. The number of fused-ring (bicyclic) bond motifs is 1. The average molecular weight is 322 g/mol. The molecule has 1 fully saturated rings. The van der Waals surface area contributed by atoms with E-state index in [1.165, 1.54) is 24.1 Å². The zero-order valence-electron chi connectivity index (χ0n) is 12.9. The van der Waals surface area contributed by atoms with Crippen LogP contribution in [-0.4, -0.2) is 41.0 Å². The zero-order valence-corrected chi connectivity index (χ0v) is 13.7. The van der Waals surface area contributed by atoms with Crippen molar-refractivity contribution in [3.63, 3.8) is 0 Å². The van der Waals surface area contributed by atoms with Crippen molar-refractivity contribution >= 4 is 28.4 Å². The lowest BCUT2D eigenvalue weighted by Gasteiger charge is -2.15. The quantitative estimate of drug-likeness (QED) is 0.819. The average Bonchev–Trinajstić information content (AvgIpc) is 3.01. The summed E-state index contributed by atoms with van der Waals surface area (Å²) < 4.78 is 0. The molecule has 3 rings (SSSR count). The fraction of sp³-hybridized carbons (Fsp3) is 0.667. The Morgan fingerprint density at radius 3 is 2.86 bits per heavy atom. The van der Waals surface area contributed by atoms with Gasteiger partial charge in [0.1, 0.15) is 0 Å². The minimum absolute atomic E-state index is 0.0293. The van der Waals surface area contributed by atoms with Gasteiger partial charge in [-0.2, -0.15) is 0 Å². The lowest BCUT2D eigenvalue weighted by Crippen LogP contribution is -2.40. The molecule has 0 radical (unpaired) electrons. The molecule has 1 unspecified atom stereocenters. The molecule has 0 spiro atoms. The van der Waals surface area contributed by atoms with E-state index in [1.807, 2.05) is 0 Å². The predicted molar refractivity (Wildman–Crippen MR) is 86.2 cm³/mol. The smallest absolute Gasteiger partial charge is 0.321 e. The minimum atomic E-state index is -0.223. The minimum Gasteiger partial charge on any atom is -0.341 e.